The maximum absolute atomic E-state index is 13.1. The van der Waals surface area contributed by atoms with Gasteiger partial charge in [0.15, 0.2) is 0 Å². The topological polar surface area (TPSA) is 135 Å². The summed E-state index contributed by atoms with van der Waals surface area (Å²) in [5.74, 6) is 0. The number of benzene rings is 2. The number of hydrogen-bond donors (Lipinski definition) is 2. The van der Waals surface area contributed by atoms with E-state index in [0.717, 1.165) is 11.1 Å². The van der Waals surface area contributed by atoms with Crippen molar-refractivity contribution < 1.29 is 41.8 Å². The quantitative estimate of drug-likeness (QED) is 0.396. The van der Waals surface area contributed by atoms with E-state index < -0.39 is 58.0 Å². The van der Waals surface area contributed by atoms with Crippen LogP contribution in [0.25, 0.3) is 0 Å². The Bertz CT molecular complexity index is 1260. The zero-order valence-corrected chi connectivity index (χ0v) is 22.3. The second-order valence-electron chi connectivity index (χ2n) is 10.7. The van der Waals surface area contributed by atoms with Gasteiger partial charge in [-0.25, -0.2) is 4.79 Å². The van der Waals surface area contributed by atoms with E-state index in [9.17, 15) is 23.4 Å². The van der Waals surface area contributed by atoms with Crippen molar-refractivity contribution in [2.75, 3.05) is 6.61 Å². The van der Waals surface area contributed by atoms with Crippen LogP contribution in [0.4, 0.5) is 4.79 Å². The molecule has 0 spiro atoms. The Morgan fingerprint density at radius 2 is 1.82 bits per heavy atom. The number of nitrogens with zero attached hydrogens (tertiary/aromatic N) is 1. The Labute approximate surface area is 222 Å². The molecule has 1 amide bonds. The molecule has 206 valence electrons. The van der Waals surface area contributed by atoms with Gasteiger partial charge in [-0.1, -0.05) is 48.0 Å². The summed E-state index contributed by atoms with van der Waals surface area (Å²) in [5, 5.41) is 22.5. The molecule has 1 saturated carbocycles. The van der Waals surface area contributed by atoms with E-state index in [4.69, 9.17) is 18.4 Å². The third-order valence-electron chi connectivity index (χ3n) is 7.52. The summed E-state index contributed by atoms with van der Waals surface area (Å²) >= 11 is 0. The Kier molecular flexibility index (Phi) is 7.04. The lowest BCUT2D eigenvalue weighted by Gasteiger charge is -2.40. The van der Waals surface area contributed by atoms with Crippen LogP contribution in [-0.2, 0) is 35.1 Å². The molecule has 2 aromatic rings. The van der Waals surface area contributed by atoms with Crippen molar-refractivity contribution in [2.24, 2.45) is 0 Å². The molecule has 38 heavy (non-hydrogen) atoms. The van der Waals surface area contributed by atoms with Crippen molar-refractivity contribution in [3.8, 4) is 0 Å². The van der Waals surface area contributed by atoms with Crippen LogP contribution in [0.15, 0.2) is 59.5 Å². The predicted molar refractivity (Wildman–Crippen MR) is 134 cm³/mol. The molecule has 2 heterocycles. The number of carbonyl (C=O) groups is 1. The molecular formula is C27H33NO9S. The number of amides is 1. The van der Waals surface area contributed by atoms with Crippen LogP contribution in [0, 0.1) is 6.92 Å². The van der Waals surface area contributed by atoms with Crippen molar-refractivity contribution in [1.82, 2.24) is 4.90 Å². The monoisotopic (exact) mass is 547 g/mol. The maximum Gasteiger partial charge on any atom is 0.412 e. The lowest BCUT2D eigenvalue weighted by molar-refractivity contribution is -0.124. The van der Waals surface area contributed by atoms with Gasteiger partial charge < -0.3 is 24.4 Å². The van der Waals surface area contributed by atoms with Gasteiger partial charge in [-0.2, -0.15) is 8.42 Å². The number of hydrogen-bond acceptors (Lipinski definition) is 9. The lowest BCUT2D eigenvalue weighted by atomic mass is 9.77. The second kappa shape index (κ2) is 9.89. The fraction of sp³-hybridized carbons (Fsp3) is 0.519. The average molecular weight is 548 g/mol. The summed E-state index contributed by atoms with van der Waals surface area (Å²) in [7, 11) is -4.09. The molecule has 5 rings (SSSR count). The number of epoxide rings is 1. The highest BCUT2D eigenvalue weighted by molar-refractivity contribution is 7.86. The van der Waals surface area contributed by atoms with Gasteiger partial charge >= 0.3 is 6.09 Å². The molecular weight excluding hydrogens is 514 g/mol. The third-order valence-corrected chi connectivity index (χ3v) is 8.87. The maximum atomic E-state index is 13.1. The van der Waals surface area contributed by atoms with Crippen LogP contribution in [0.3, 0.4) is 0 Å². The largest absolute Gasteiger partial charge is 0.444 e. The molecule has 2 aromatic carbocycles. The lowest BCUT2D eigenvalue weighted by Crippen LogP contribution is -2.59. The van der Waals surface area contributed by atoms with Crippen molar-refractivity contribution in [3.05, 3.63) is 65.7 Å². The molecule has 3 fully saturated rings. The summed E-state index contributed by atoms with van der Waals surface area (Å²) in [4.78, 5) is 14.5. The minimum absolute atomic E-state index is 0.00520. The highest BCUT2D eigenvalue weighted by Crippen LogP contribution is 2.49. The van der Waals surface area contributed by atoms with Crippen LogP contribution >= 0.6 is 0 Å². The van der Waals surface area contributed by atoms with Gasteiger partial charge in [-0.05, 0) is 38.5 Å². The number of fused-ring (bicyclic) bond motifs is 1. The van der Waals surface area contributed by atoms with Crippen molar-refractivity contribution in [2.45, 2.75) is 86.9 Å². The summed E-state index contributed by atoms with van der Waals surface area (Å²) < 4.78 is 48.0. The van der Waals surface area contributed by atoms with Crippen LogP contribution < -0.4 is 0 Å². The number of carbonyl (C=O) groups excluding carboxylic acids is 1. The zero-order valence-electron chi connectivity index (χ0n) is 21.5. The van der Waals surface area contributed by atoms with Gasteiger partial charge in [0.25, 0.3) is 10.1 Å². The number of aliphatic hydroxyl groups excluding tert-OH is 1. The predicted octanol–water partition coefficient (Wildman–Crippen LogP) is 2.50. The summed E-state index contributed by atoms with van der Waals surface area (Å²) in [6.45, 7) is 5.51. The average Bonchev–Trinajstić information content (AvgIpc) is 3.63. The molecule has 11 heteroatoms. The van der Waals surface area contributed by atoms with Crippen molar-refractivity contribution in [3.63, 3.8) is 0 Å². The molecule has 3 aliphatic rings. The van der Waals surface area contributed by atoms with Crippen molar-refractivity contribution in [1.29, 1.82) is 0 Å². The first-order valence-electron chi connectivity index (χ1n) is 12.6. The van der Waals surface area contributed by atoms with Crippen molar-refractivity contribution >= 4 is 16.2 Å². The highest BCUT2D eigenvalue weighted by Gasteiger charge is 2.67. The molecule has 2 saturated heterocycles. The first kappa shape index (κ1) is 27.0. The Morgan fingerprint density at radius 3 is 2.50 bits per heavy atom. The van der Waals surface area contributed by atoms with Gasteiger partial charge in [0.1, 0.15) is 36.2 Å². The normalized spacial score (nSPS) is 32.0. The molecule has 1 aliphatic carbocycles. The molecule has 2 aliphatic heterocycles. The van der Waals surface area contributed by atoms with Gasteiger partial charge in [0.2, 0.25) is 0 Å². The molecule has 10 nitrogen and oxygen atoms in total. The minimum atomic E-state index is -4.09. The molecule has 0 unspecified atom stereocenters. The molecule has 6 atom stereocenters. The minimum Gasteiger partial charge on any atom is -0.444 e. The molecule has 2 N–H and O–H groups in total. The fourth-order valence-corrected chi connectivity index (χ4v) is 6.49. The SMILES string of the molecule is Cc1ccc(S(=O)(=O)O[C@@H]2C[C@H](O)[C@](O)(C[C@H]3COC(C)(C)N3C(=O)OCc3ccccc3)[C@H]3O[C@@H]23)cc1. The van der Waals surface area contributed by atoms with E-state index in [1.54, 1.807) is 26.0 Å². The zero-order chi connectivity index (χ0) is 27.3. The molecule has 0 bridgehead atoms. The number of aliphatic hydroxyl groups is 2. The Morgan fingerprint density at radius 1 is 1.13 bits per heavy atom. The third kappa shape index (κ3) is 5.18. The van der Waals surface area contributed by atoms with E-state index in [1.807, 2.05) is 37.3 Å². The van der Waals surface area contributed by atoms with Crippen LogP contribution in [-0.4, -0.2) is 78.0 Å². The summed E-state index contributed by atoms with van der Waals surface area (Å²) in [6, 6.07) is 14.9. The Hall–Kier alpha value is -2.54. The molecule has 0 radical (unpaired) electrons. The standard InChI is InChI=1S/C27H33NO9S/c1-17-9-11-20(12-10-17)38(32,33)37-21-13-22(29)27(31,24-23(21)36-24)14-19-16-35-26(2,3)28(19)25(30)34-15-18-7-5-4-6-8-18/h4-12,19,21-24,29,31H,13-16H2,1-3H3/t19-,21+,22-,23-,24-,27+/m0/s1. The highest BCUT2D eigenvalue weighted by atomic mass is 32.2. The van der Waals surface area contributed by atoms with Crippen LogP contribution in [0.5, 0.6) is 0 Å². The smallest absolute Gasteiger partial charge is 0.412 e. The number of rotatable bonds is 7. The van der Waals surface area contributed by atoms with E-state index >= 15 is 0 Å². The van der Waals surface area contributed by atoms with Gasteiger partial charge in [0.05, 0.1) is 23.6 Å². The first-order chi connectivity index (χ1) is 17.9. The number of ether oxygens (including phenoxy) is 3. The van der Waals surface area contributed by atoms with E-state index in [0.29, 0.717) is 0 Å². The van der Waals surface area contributed by atoms with E-state index in [2.05, 4.69) is 0 Å². The van der Waals surface area contributed by atoms with E-state index in [-0.39, 0.29) is 31.0 Å². The van der Waals surface area contributed by atoms with Gasteiger partial charge in [-0.15, -0.1) is 0 Å². The van der Waals surface area contributed by atoms with E-state index in [1.165, 1.54) is 17.0 Å². The fourth-order valence-electron chi connectivity index (χ4n) is 5.40. The van der Waals surface area contributed by atoms with Crippen LogP contribution in [0.2, 0.25) is 0 Å². The van der Waals surface area contributed by atoms with Crippen LogP contribution in [0.1, 0.15) is 37.8 Å². The summed E-state index contributed by atoms with van der Waals surface area (Å²) in [5.41, 5.74) is -0.987. The summed E-state index contributed by atoms with van der Waals surface area (Å²) in [6.07, 6.45) is -4.67. The Balaban J connectivity index is 1.26. The second-order valence-corrected chi connectivity index (χ2v) is 12.3. The number of aryl methyl sites for hydroxylation is 1. The van der Waals surface area contributed by atoms with Gasteiger partial charge in [-0.3, -0.25) is 9.08 Å². The molecule has 0 aromatic heterocycles. The van der Waals surface area contributed by atoms with Gasteiger partial charge in [0, 0.05) is 12.8 Å². The first-order valence-corrected chi connectivity index (χ1v) is 14.0.